The van der Waals surface area contributed by atoms with E-state index in [1.54, 1.807) is 5.37 Å². The number of fused-ring (bicyclic) bond motifs is 1. The molecule has 1 aromatic rings. The van der Waals surface area contributed by atoms with Gasteiger partial charge in [-0.1, -0.05) is 54.4 Å². The first-order chi connectivity index (χ1) is 6.63. The molecule has 1 aliphatic rings. The van der Waals surface area contributed by atoms with E-state index < -0.39 is 0 Å². The largest absolute Gasteiger partial charge is 0.191 e. The third kappa shape index (κ3) is 1.25. The lowest BCUT2D eigenvalue weighted by Gasteiger charge is -2.08. The Kier molecular flexibility index (Phi) is 2.30. The molecule has 2 heteroatoms. The molecule has 1 aliphatic heterocycles. The highest BCUT2D eigenvalue weighted by Gasteiger charge is 2.34. The fourth-order valence-corrected chi connectivity index (χ4v) is 2.88. The fourth-order valence-electron chi connectivity index (χ4n) is 2.88. The average Bonchev–Trinajstić information content (AvgIpc) is 2.41. The van der Waals surface area contributed by atoms with Gasteiger partial charge in [0.2, 0.25) is 0 Å². The molecule has 70 valence electrons. The Labute approximate surface area is 87.6 Å². The summed E-state index contributed by atoms with van der Waals surface area (Å²) >= 11 is 0. The van der Waals surface area contributed by atoms with Crippen molar-refractivity contribution in [2.75, 3.05) is 0 Å². The van der Waals surface area contributed by atoms with Crippen molar-refractivity contribution in [3.63, 3.8) is 0 Å². The van der Waals surface area contributed by atoms with Crippen LogP contribution < -0.4 is 10.9 Å². The first kappa shape index (κ1) is 9.64. The quantitative estimate of drug-likeness (QED) is 0.536. The summed E-state index contributed by atoms with van der Waals surface area (Å²) in [6, 6.07) is 8.84. The number of benzene rings is 1. The molecule has 14 heavy (non-hydrogen) atoms. The van der Waals surface area contributed by atoms with Crippen molar-refractivity contribution in [3.05, 3.63) is 35.2 Å². The van der Waals surface area contributed by atoms with Gasteiger partial charge in [0.05, 0.1) is 0 Å². The van der Waals surface area contributed by atoms with E-state index in [1.807, 2.05) is 0 Å². The maximum atomic E-state index is 2.32. The molecule has 0 aliphatic carbocycles. The van der Waals surface area contributed by atoms with Crippen LogP contribution in [-0.4, -0.2) is 13.4 Å². The summed E-state index contributed by atoms with van der Waals surface area (Å²) in [5, 5.41) is 1.62. The SMILES string of the molecule is CB1C(=C(C)C)B(C)c2ccccc21. The van der Waals surface area contributed by atoms with Crippen LogP contribution in [-0.2, 0) is 0 Å². The Morgan fingerprint density at radius 2 is 1.36 bits per heavy atom. The van der Waals surface area contributed by atoms with Gasteiger partial charge in [-0.25, -0.2) is 0 Å². The molecule has 2 rings (SSSR count). The second-order valence-corrected chi connectivity index (χ2v) is 4.53. The maximum Gasteiger partial charge on any atom is 0.191 e. The molecule has 0 N–H and O–H groups in total. The monoisotopic (exact) mass is 182 g/mol. The molecule has 1 heterocycles. The predicted molar refractivity (Wildman–Crippen MR) is 67.3 cm³/mol. The van der Waals surface area contributed by atoms with Gasteiger partial charge < -0.3 is 0 Å². The lowest BCUT2D eigenvalue weighted by molar-refractivity contribution is 1.39. The molecule has 0 spiro atoms. The number of hydrogen-bond acceptors (Lipinski definition) is 0. The summed E-state index contributed by atoms with van der Waals surface area (Å²) in [4.78, 5) is 0. The van der Waals surface area contributed by atoms with E-state index in [0.717, 1.165) is 0 Å². The third-order valence-corrected chi connectivity index (χ3v) is 3.44. The standard InChI is InChI=1S/C12H16B2/c1-9(2)12-13(3)10-7-5-6-8-11(10)14(12)4/h5-8H,1-4H3. The summed E-state index contributed by atoms with van der Waals surface area (Å²) in [5.74, 6) is 0. The van der Waals surface area contributed by atoms with Crippen LogP contribution in [0, 0.1) is 0 Å². The summed E-state index contributed by atoms with van der Waals surface area (Å²) < 4.78 is 0. The summed E-state index contributed by atoms with van der Waals surface area (Å²) in [6.45, 7) is 10.3. The van der Waals surface area contributed by atoms with Crippen LogP contribution >= 0.6 is 0 Å². The first-order valence-electron chi connectivity index (χ1n) is 5.39. The van der Waals surface area contributed by atoms with Gasteiger partial charge in [-0.15, -0.1) is 5.37 Å². The second-order valence-electron chi connectivity index (χ2n) is 4.53. The second kappa shape index (κ2) is 3.34. The number of allylic oxidation sites excluding steroid dienone is 1. The third-order valence-electron chi connectivity index (χ3n) is 3.44. The zero-order chi connectivity index (χ0) is 10.3. The minimum absolute atomic E-state index is 0.617. The molecule has 0 aromatic heterocycles. The van der Waals surface area contributed by atoms with Gasteiger partial charge in [0.25, 0.3) is 0 Å². The van der Waals surface area contributed by atoms with Crippen molar-refractivity contribution < 1.29 is 0 Å². The Bertz CT molecular complexity index is 358. The van der Waals surface area contributed by atoms with Crippen molar-refractivity contribution in [2.24, 2.45) is 0 Å². The van der Waals surface area contributed by atoms with Crippen molar-refractivity contribution in [1.82, 2.24) is 0 Å². The van der Waals surface area contributed by atoms with E-state index in [4.69, 9.17) is 0 Å². The van der Waals surface area contributed by atoms with Gasteiger partial charge in [0, 0.05) is 0 Å². The van der Waals surface area contributed by atoms with E-state index in [0.29, 0.717) is 13.4 Å². The molecular formula is C12H16B2. The number of rotatable bonds is 0. The maximum absolute atomic E-state index is 2.32. The Morgan fingerprint density at radius 1 is 0.929 bits per heavy atom. The lowest BCUT2D eigenvalue weighted by atomic mass is 9.32. The molecule has 0 fully saturated rings. The van der Waals surface area contributed by atoms with Gasteiger partial charge in [0.1, 0.15) is 0 Å². The summed E-state index contributed by atoms with van der Waals surface area (Å²) in [5.41, 5.74) is 4.54. The highest BCUT2D eigenvalue weighted by atomic mass is 14.0. The van der Waals surface area contributed by atoms with E-state index >= 15 is 0 Å². The van der Waals surface area contributed by atoms with E-state index in [2.05, 4.69) is 51.8 Å². The van der Waals surface area contributed by atoms with Gasteiger partial charge in [0.15, 0.2) is 13.4 Å². The molecule has 0 amide bonds. The normalized spacial score (nSPS) is 14.7. The Morgan fingerprint density at radius 3 is 1.71 bits per heavy atom. The molecule has 0 saturated carbocycles. The first-order valence-corrected chi connectivity index (χ1v) is 5.39. The van der Waals surface area contributed by atoms with Gasteiger partial charge >= 0.3 is 0 Å². The van der Waals surface area contributed by atoms with Crippen molar-refractivity contribution >= 4 is 24.4 Å². The van der Waals surface area contributed by atoms with Crippen LogP contribution in [0.5, 0.6) is 0 Å². The van der Waals surface area contributed by atoms with Crippen LogP contribution in [0.4, 0.5) is 0 Å². The highest BCUT2D eigenvalue weighted by molar-refractivity contribution is 7.07. The van der Waals surface area contributed by atoms with Gasteiger partial charge in [-0.05, 0) is 13.8 Å². The lowest BCUT2D eigenvalue weighted by Crippen LogP contribution is -2.32. The van der Waals surface area contributed by atoms with Crippen molar-refractivity contribution in [2.45, 2.75) is 27.5 Å². The highest BCUT2D eigenvalue weighted by Crippen LogP contribution is 2.17. The van der Waals surface area contributed by atoms with Crippen LogP contribution in [0.15, 0.2) is 35.2 Å². The molecule has 0 bridgehead atoms. The summed E-state index contributed by atoms with van der Waals surface area (Å²) in [7, 11) is 0. The van der Waals surface area contributed by atoms with Crippen molar-refractivity contribution in [1.29, 1.82) is 0 Å². The van der Waals surface area contributed by atoms with Gasteiger partial charge in [-0.3, -0.25) is 0 Å². The van der Waals surface area contributed by atoms with Gasteiger partial charge in [-0.2, -0.15) is 0 Å². The van der Waals surface area contributed by atoms with E-state index in [1.165, 1.54) is 16.5 Å². The number of hydrogen-bond donors (Lipinski definition) is 0. The van der Waals surface area contributed by atoms with Crippen LogP contribution in [0.3, 0.4) is 0 Å². The molecule has 1 aromatic carbocycles. The molecule has 0 atom stereocenters. The van der Waals surface area contributed by atoms with Crippen LogP contribution in [0.25, 0.3) is 0 Å². The van der Waals surface area contributed by atoms with Crippen LogP contribution in [0.2, 0.25) is 13.6 Å². The summed E-state index contributed by atoms with van der Waals surface area (Å²) in [6.07, 6.45) is 0. The smallest absolute Gasteiger partial charge is 0.123 e. The Balaban J connectivity index is 2.59. The topological polar surface area (TPSA) is 0 Å². The molecule has 0 nitrogen and oxygen atoms in total. The minimum Gasteiger partial charge on any atom is -0.123 e. The molecule has 0 unspecified atom stereocenters. The average molecular weight is 182 g/mol. The zero-order valence-electron chi connectivity index (χ0n) is 9.46. The molecular weight excluding hydrogens is 166 g/mol. The van der Waals surface area contributed by atoms with E-state index in [9.17, 15) is 0 Å². The Hall–Kier alpha value is -0.910. The zero-order valence-corrected chi connectivity index (χ0v) is 9.46. The van der Waals surface area contributed by atoms with E-state index in [-0.39, 0.29) is 0 Å². The predicted octanol–water partition coefficient (Wildman–Crippen LogP) is 1.78. The van der Waals surface area contributed by atoms with Crippen molar-refractivity contribution in [3.8, 4) is 0 Å². The fraction of sp³-hybridized carbons (Fsp3) is 0.333. The minimum atomic E-state index is 0.617. The molecule has 0 saturated heterocycles. The molecule has 0 radical (unpaired) electrons. The van der Waals surface area contributed by atoms with Crippen LogP contribution in [0.1, 0.15) is 13.8 Å².